The lowest BCUT2D eigenvalue weighted by Gasteiger charge is -2.39. The van der Waals surface area contributed by atoms with Crippen molar-refractivity contribution in [3.05, 3.63) is 65.7 Å². The quantitative estimate of drug-likeness (QED) is 0.0174. The van der Waals surface area contributed by atoms with Crippen LogP contribution < -0.4 is 93.7 Å². The zero-order chi connectivity index (χ0) is 71.5. The van der Waals surface area contributed by atoms with Gasteiger partial charge in [-0.1, -0.05) is 84.3 Å². The van der Waals surface area contributed by atoms with Gasteiger partial charge in [0.1, 0.15) is 54.1 Å². The Morgan fingerprint density at radius 1 is 0.625 bits per heavy atom. The smallest absolute Gasteiger partial charge is 0.245 e. The summed E-state index contributed by atoms with van der Waals surface area (Å²) in [5, 5.41) is 33.7. The summed E-state index contributed by atoms with van der Waals surface area (Å²) >= 11 is 0. The molecule has 0 bridgehead atoms. The van der Waals surface area contributed by atoms with Gasteiger partial charge in [-0.3, -0.25) is 67.7 Å². The number of hydrogen-bond donors (Lipinski definition) is 18. The second-order valence-corrected chi connectivity index (χ2v) is 28.0. The molecule has 0 aliphatic carbocycles. The number of carbonyl (C=O) groups excluding carboxylic acids is 11. The van der Waals surface area contributed by atoms with Gasteiger partial charge in [-0.05, 0) is 115 Å². The summed E-state index contributed by atoms with van der Waals surface area (Å²) in [6, 6.07) is 2.09. The van der Waals surface area contributed by atoms with Gasteiger partial charge in [0, 0.05) is 42.1 Å². The fourth-order valence-corrected chi connectivity index (χ4v) is 13.1. The molecule has 2 aliphatic rings. The van der Waals surface area contributed by atoms with Gasteiger partial charge in [0.05, 0.1) is 19.1 Å². The second kappa shape index (κ2) is 38.4. The molecule has 0 radical (unpaired) electrons. The van der Waals surface area contributed by atoms with Gasteiger partial charge >= 0.3 is 0 Å². The molecule has 2 aliphatic heterocycles. The van der Waals surface area contributed by atoms with Crippen LogP contribution >= 0.6 is 21.6 Å². The Morgan fingerprint density at radius 3 is 1.69 bits per heavy atom. The summed E-state index contributed by atoms with van der Waals surface area (Å²) in [5.41, 5.74) is 47.1. The summed E-state index contributed by atoms with van der Waals surface area (Å²) in [5.74, 6) is -10.4. The number of benzene rings is 2. The summed E-state index contributed by atoms with van der Waals surface area (Å²) < 4.78 is -2.86. The molecule has 2 fully saturated rings. The number of fused-ring (bicyclic) bond motifs is 1. The predicted molar refractivity (Wildman–Crippen MR) is 366 cm³/mol. The molecular weight excluding hydrogens is 1280 g/mol. The van der Waals surface area contributed by atoms with Crippen molar-refractivity contribution < 1.29 is 57.8 Å². The van der Waals surface area contributed by atoms with Gasteiger partial charge in [0.15, 0.2) is 17.9 Å². The first-order chi connectivity index (χ1) is 45.2. The molecule has 33 nitrogen and oxygen atoms in total. The van der Waals surface area contributed by atoms with Crippen molar-refractivity contribution in [2.45, 2.75) is 176 Å². The molecule has 4 rings (SSSR count). The molecule has 2 saturated heterocycles. The second-order valence-electron chi connectivity index (χ2n) is 24.5. The number of phenols is 1. The molecule has 10 atom stereocenters. The Morgan fingerprint density at radius 2 is 1.14 bits per heavy atom. The maximum atomic E-state index is 15.4. The average Bonchev–Trinajstić information content (AvgIpc) is 1.20. The third-order valence-corrected chi connectivity index (χ3v) is 20.1. The maximum Gasteiger partial charge on any atom is 0.245 e. The van der Waals surface area contributed by atoms with Crippen molar-refractivity contribution in [1.29, 1.82) is 0 Å². The lowest BCUT2D eigenvalue weighted by Crippen LogP contribution is -2.63. The van der Waals surface area contributed by atoms with Crippen molar-refractivity contribution in [2.24, 2.45) is 66.8 Å². The van der Waals surface area contributed by atoms with E-state index in [0.29, 0.717) is 24.0 Å². The number of amides is 11. The SMILES string of the molecule is CC[C@H](C)[C@@H]1NC(=O)[C@H](CCCN=C(N)N)NC(=O)[C@H](CCCN=C(N)N)NC(=O)[C@H](NC(=O)[C@H](Cc2ccccc2)NC(=O)CNC(=O)CNC(=O)[C@@H](N)Cc2ccc(O)cc2)C(C)(C)SSC(C)(C)[C@H](C(N)=O)NC(=O)[C@@H]2CCCN2C(=O)[C@H](CCCN=C(N)N)NC1=O. The van der Waals surface area contributed by atoms with Crippen LogP contribution in [0, 0.1) is 5.92 Å². The van der Waals surface area contributed by atoms with Gasteiger partial charge < -0.3 is 104 Å². The third kappa shape index (κ3) is 26.2. The fraction of sp³-hybridized carbons (Fsp3) is 0.574. The van der Waals surface area contributed by atoms with Crippen molar-refractivity contribution >= 4 is 104 Å². The molecule has 2 aromatic carbocycles. The largest absolute Gasteiger partial charge is 0.508 e. The minimum Gasteiger partial charge on any atom is -0.508 e. The Kier molecular flexibility index (Phi) is 31.8. The average molecular weight is 1380 g/mol. The highest BCUT2D eigenvalue weighted by Crippen LogP contribution is 2.47. The number of nitrogens with zero attached hydrogens (tertiary/aromatic N) is 4. The Hall–Kier alpha value is -9.12. The van der Waals surface area contributed by atoms with Crippen molar-refractivity contribution in [1.82, 2.24) is 52.8 Å². The van der Waals surface area contributed by atoms with E-state index in [1.807, 2.05) is 0 Å². The van der Waals surface area contributed by atoms with Crippen LogP contribution in [0.15, 0.2) is 69.6 Å². The number of rotatable bonds is 27. The first-order valence-corrected chi connectivity index (χ1v) is 33.7. The van der Waals surface area contributed by atoms with Crippen LogP contribution in [0.5, 0.6) is 5.75 Å². The number of guanidine groups is 3. The minimum absolute atomic E-state index is 0.00158. The minimum atomic E-state index is -1.67. The molecule has 0 unspecified atom stereocenters. The molecule has 0 spiro atoms. The van der Waals surface area contributed by atoms with Crippen LogP contribution in [0.4, 0.5) is 0 Å². The number of primary amides is 1. The highest BCUT2D eigenvalue weighted by molar-refractivity contribution is 8.77. The lowest BCUT2D eigenvalue weighted by molar-refractivity contribution is -0.143. The van der Waals surface area contributed by atoms with E-state index in [-0.39, 0.29) is 108 Å². The molecule has 26 N–H and O–H groups in total. The van der Waals surface area contributed by atoms with E-state index in [4.69, 9.17) is 45.9 Å². The Balaban J connectivity index is 1.83. The third-order valence-electron chi connectivity index (χ3n) is 15.9. The van der Waals surface area contributed by atoms with E-state index in [0.717, 1.165) is 21.6 Å². The molecule has 2 aromatic rings. The molecule has 2 heterocycles. The monoisotopic (exact) mass is 1380 g/mol. The van der Waals surface area contributed by atoms with Gasteiger partial charge in [-0.2, -0.15) is 0 Å². The van der Waals surface area contributed by atoms with E-state index in [2.05, 4.69) is 62.8 Å². The van der Waals surface area contributed by atoms with Crippen molar-refractivity contribution in [3.63, 3.8) is 0 Å². The molecule has 96 heavy (non-hydrogen) atoms. The summed E-state index contributed by atoms with van der Waals surface area (Å²) in [6.07, 6.45) is 0.748. The topological polar surface area (TPSA) is 565 Å². The summed E-state index contributed by atoms with van der Waals surface area (Å²) in [7, 11) is 1.99. The van der Waals surface area contributed by atoms with Gasteiger partial charge in [-0.25, -0.2) is 0 Å². The van der Waals surface area contributed by atoms with Gasteiger partial charge in [0.25, 0.3) is 0 Å². The number of aliphatic imine (C=N–C) groups is 3. The Labute approximate surface area is 566 Å². The van der Waals surface area contributed by atoms with Crippen LogP contribution in [-0.4, -0.2) is 196 Å². The van der Waals surface area contributed by atoms with Crippen LogP contribution in [0.25, 0.3) is 0 Å². The first kappa shape index (κ1) is 79.3. The molecule has 0 saturated carbocycles. The molecule has 35 heteroatoms. The molecule has 11 amide bonds. The van der Waals surface area contributed by atoms with Crippen LogP contribution in [-0.2, 0) is 65.6 Å². The predicted octanol–water partition coefficient (Wildman–Crippen LogP) is -4.23. The van der Waals surface area contributed by atoms with Crippen LogP contribution in [0.3, 0.4) is 0 Å². The van der Waals surface area contributed by atoms with Crippen molar-refractivity contribution in [2.75, 3.05) is 39.3 Å². The maximum absolute atomic E-state index is 15.4. The molecule has 0 aromatic heterocycles. The van der Waals surface area contributed by atoms with Crippen LogP contribution in [0.2, 0.25) is 0 Å². The highest BCUT2D eigenvalue weighted by Gasteiger charge is 2.46. The normalized spacial score (nSPS) is 22.0. The van der Waals surface area contributed by atoms with E-state index in [1.165, 1.54) is 17.0 Å². The molecule has 530 valence electrons. The van der Waals surface area contributed by atoms with Gasteiger partial charge in [-0.15, -0.1) is 0 Å². The van der Waals surface area contributed by atoms with Gasteiger partial charge in [0.2, 0.25) is 65.0 Å². The zero-order valence-corrected chi connectivity index (χ0v) is 56.8. The van der Waals surface area contributed by atoms with E-state index in [1.54, 1.807) is 84.0 Å². The van der Waals surface area contributed by atoms with E-state index < -0.39 is 148 Å². The fourth-order valence-electron chi connectivity index (χ4n) is 10.3. The van der Waals surface area contributed by atoms with E-state index in [9.17, 15) is 48.3 Å². The summed E-state index contributed by atoms with van der Waals surface area (Å²) in [4.78, 5) is 171. The van der Waals surface area contributed by atoms with Crippen LogP contribution in [0.1, 0.15) is 110 Å². The number of carbonyl (C=O) groups is 11. The number of hydrogen-bond acceptors (Lipinski definition) is 18. The zero-order valence-electron chi connectivity index (χ0n) is 55.2. The lowest BCUT2D eigenvalue weighted by atomic mass is 9.96. The van der Waals surface area contributed by atoms with Crippen molar-refractivity contribution in [3.8, 4) is 5.75 Å². The standard InChI is InChI=1S/C61H97N21O12S2/c1-7-33(2)45-54(92)78-40(19-13-27-72-59(68)69)56(94)82-28-14-20-42(82)53(91)80-46(48(63)86)60(3,4)95-96-61(5,6)47(55(93)77-38(17-11-25-70-57(64)65)50(88)76-39(51(89)79-45)18-12-26-71-58(66)67)81-52(90)41(30-34-15-9-8-10-16-34)75-44(85)32-73-43(84)31-74-49(87)37(62)29-35-21-23-36(83)24-22-35/h8-10,15-16,21-24,33,37-42,45-47,83H,7,11-14,17-20,25-32,62H2,1-6H3,(H2,63,86)(H,73,84)(H,74,87)(H,75,85)(H,76,88)(H,77,93)(H,78,92)(H,79,89)(H,80,91)(H,81,90)(H4,64,65,70)(H4,66,67,71)(H4,68,69,72)/t33-,37-,38-,39-,40-,41-,42-,45-,46-,47-/m0/s1. The number of nitrogens with one attached hydrogen (secondary N) is 9. The Bertz CT molecular complexity index is 3110. The molecular formula is C61H97N21O12S2. The number of nitrogens with two attached hydrogens (primary N) is 8. The van der Waals surface area contributed by atoms with E-state index >= 15 is 9.59 Å². The number of aromatic hydroxyl groups is 1. The number of phenolic OH excluding ortho intramolecular Hbond substituents is 1. The first-order valence-electron chi connectivity index (χ1n) is 31.6. The summed E-state index contributed by atoms with van der Waals surface area (Å²) in [6.45, 7) is 8.66. The highest BCUT2D eigenvalue weighted by atomic mass is 33.1.